The Bertz CT molecular complexity index is 874. The van der Waals surface area contributed by atoms with E-state index in [2.05, 4.69) is 11.4 Å². The second-order valence-corrected chi connectivity index (χ2v) is 6.17. The molecule has 0 aliphatic heterocycles. The van der Waals surface area contributed by atoms with E-state index in [1.165, 1.54) is 10.6 Å². The fourth-order valence-electron chi connectivity index (χ4n) is 2.70. The Labute approximate surface area is 145 Å². The Morgan fingerprint density at radius 3 is 2.60 bits per heavy atom. The minimum Gasteiger partial charge on any atom is -0.383 e. The fourth-order valence-corrected chi connectivity index (χ4v) is 2.70. The molecule has 1 aromatic heterocycles. The summed E-state index contributed by atoms with van der Waals surface area (Å²) in [5.41, 5.74) is 1.50. The molecule has 0 unspecified atom stereocenters. The summed E-state index contributed by atoms with van der Waals surface area (Å²) in [4.78, 5) is 24.1. The van der Waals surface area contributed by atoms with Gasteiger partial charge in [0.05, 0.1) is 23.8 Å². The Balaban J connectivity index is 1.72. The van der Waals surface area contributed by atoms with Crippen LogP contribution in [-0.4, -0.2) is 24.2 Å². The molecule has 0 spiro atoms. The zero-order valence-electron chi connectivity index (χ0n) is 14.0. The van der Waals surface area contributed by atoms with Crippen molar-refractivity contribution in [2.45, 2.75) is 24.8 Å². The van der Waals surface area contributed by atoms with E-state index in [4.69, 9.17) is 4.74 Å². The number of amides is 1. The van der Waals surface area contributed by atoms with Gasteiger partial charge in [0.1, 0.15) is 0 Å². The lowest BCUT2D eigenvalue weighted by molar-refractivity contribution is 0.102. The summed E-state index contributed by atoms with van der Waals surface area (Å²) in [7, 11) is 1.57. The van der Waals surface area contributed by atoms with Crippen LogP contribution in [0.2, 0.25) is 0 Å². The largest absolute Gasteiger partial charge is 0.383 e. The van der Waals surface area contributed by atoms with Crippen molar-refractivity contribution in [1.82, 2.24) is 4.57 Å². The molecule has 25 heavy (non-hydrogen) atoms. The number of nitriles is 1. The number of aromatic nitrogens is 1. The van der Waals surface area contributed by atoms with E-state index < -0.39 is 0 Å². The molecule has 1 fully saturated rings. The molecule has 0 atom stereocenters. The van der Waals surface area contributed by atoms with Crippen LogP contribution in [-0.2, 0) is 16.7 Å². The van der Waals surface area contributed by atoms with Crippen molar-refractivity contribution in [3.05, 3.63) is 64.1 Å². The van der Waals surface area contributed by atoms with Crippen LogP contribution in [0, 0.1) is 11.3 Å². The molecule has 1 aliphatic rings. The molecule has 3 rings (SSSR count). The molecular weight excluding hydrogens is 318 g/mol. The molecule has 1 aliphatic carbocycles. The van der Waals surface area contributed by atoms with Crippen LogP contribution in [0.4, 0.5) is 5.69 Å². The van der Waals surface area contributed by atoms with Gasteiger partial charge in [-0.15, -0.1) is 0 Å². The number of carbonyl (C=O) groups excluding carboxylic acids is 1. The first-order valence-corrected chi connectivity index (χ1v) is 8.10. The van der Waals surface area contributed by atoms with E-state index in [0.29, 0.717) is 24.4 Å². The lowest BCUT2D eigenvalue weighted by Gasteiger charge is -2.10. The van der Waals surface area contributed by atoms with Gasteiger partial charge in [0.2, 0.25) is 0 Å². The summed E-state index contributed by atoms with van der Waals surface area (Å²) in [6, 6.07) is 12.5. The molecule has 0 saturated heterocycles. The van der Waals surface area contributed by atoms with Crippen LogP contribution in [0.5, 0.6) is 0 Å². The smallest absolute Gasteiger partial charge is 0.255 e. The number of benzene rings is 1. The highest BCUT2D eigenvalue weighted by molar-refractivity contribution is 6.04. The molecule has 6 heteroatoms. The first-order chi connectivity index (χ1) is 12.1. The zero-order valence-corrected chi connectivity index (χ0v) is 14.0. The zero-order chi connectivity index (χ0) is 17.9. The highest BCUT2D eigenvalue weighted by atomic mass is 16.5. The van der Waals surface area contributed by atoms with Gasteiger partial charge in [-0.05, 0) is 36.6 Å². The number of rotatable bonds is 6. The Kier molecular flexibility index (Phi) is 4.68. The SMILES string of the molecule is COCCn1cc(NC(=O)c2ccc(C3(C#N)CC3)cc2)ccc1=O. The predicted octanol–water partition coefficient (Wildman–Crippen LogP) is 2.30. The van der Waals surface area contributed by atoms with Gasteiger partial charge in [-0.1, -0.05) is 12.1 Å². The van der Waals surface area contributed by atoms with Gasteiger partial charge in [0.25, 0.3) is 11.5 Å². The van der Waals surface area contributed by atoms with Crippen LogP contribution in [0.3, 0.4) is 0 Å². The molecule has 1 aromatic carbocycles. The van der Waals surface area contributed by atoms with Crippen molar-refractivity contribution in [3.8, 4) is 6.07 Å². The van der Waals surface area contributed by atoms with Crippen LogP contribution in [0.1, 0.15) is 28.8 Å². The van der Waals surface area contributed by atoms with Crippen molar-refractivity contribution >= 4 is 11.6 Å². The van der Waals surface area contributed by atoms with Crippen LogP contribution < -0.4 is 10.9 Å². The Morgan fingerprint density at radius 2 is 2.00 bits per heavy atom. The Hall–Kier alpha value is -2.91. The molecule has 1 amide bonds. The van der Waals surface area contributed by atoms with E-state index in [0.717, 1.165) is 18.4 Å². The highest BCUT2D eigenvalue weighted by Gasteiger charge is 2.44. The second-order valence-electron chi connectivity index (χ2n) is 6.17. The number of hydrogen-bond acceptors (Lipinski definition) is 4. The van der Waals surface area contributed by atoms with Gasteiger partial charge in [-0.25, -0.2) is 0 Å². The number of nitrogens with zero attached hydrogens (tertiary/aromatic N) is 2. The third-order valence-corrected chi connectivity index (χ3v) is 4.44. The number of carbonyl (C=O) groups is 1. The second kappa shape index (κ2) is 6.91. The maximum absolute atomic E-state index is 12.4. The molecule has 1 heterocycles. The number of anilines is 1. The number of pyridine rings is 1. The van der Waals surface area contributed by atoms with Crippen molar-refractivity contribution < 1.29 is 9.53 Å². The van der Waals surface area contributed by atoms with Crippen molar-refractivity contribution in [1.29, 1.82) is 5.26 Å². The molecule has 0 radical (unpaired) electrons. The number of nitrogens with one attached hydrogen (secondary N) is 1. The van der Waals surface area contributed by atoms with Crippen LogP contribution in [0.15, 0.2) is 47.4 Å². The maximum Gasteiger partial charge on any atom is 0.255 e. The molecule has 128 valence electrons. The normalized spacial score (nSPS) is 14.6. The quantitative estimate of drug-likeness (QED) is 0.876. The van der Waals surface area contributed by atoms with E-state index in [9.17, 15) is 14.9 Å². The third-order valence-electron chi connectivity index (χ3n) is 4.44. The first kappa shape index (κ1) is 16.9. The van der Waals surface area contributed by atoms with Crippen molar-refractivity contribution in [2.75, 3.05) is 19.0 Å². The fraction of sp³-hybridized carbons (Fsp3) is 0.316. The lowest BCUT2D eigenvalue weighted by Crippen LogP contribution is -2.22. The minimum absolute atomic E-state index is 0.148. The number of ether oxygens (including phenoxy) is 1. The minimum atomic E-state index is -0.355. The maximum atomic E-state index is 12.4. The summed E-state index contributed by atoms with van der Waals surface area (Å²) < 4.78 is 6.47. The summed E-state index contributed by atoms with van der Waals surface area (Å²) in [5.74, 6) is -0.259. The number of hydrogen-bond donors (Lipinski definition) is 1. The molecule has 1 N–H and O–H groups in total. The summed E-state index contributed by atoms with van der Waals surface area (Å²) in [6.07, 6.45) is 3.35. The van der Waals surface area contributed by atoms with Gasteiger partial charge in [-0.2, -0.15) is 5.26 Å². The molecule has 0 bridgehead atoms. The summed E-state index contributed by atoms with van der Waals surface area (Å²) in [5, 5.41) is 12.0. The first-order valence-electron chi connectivity index (χ1n) is 8.10. The standard InChI is InChI=1S/C19H19N3O3/c1-25-11-10-22-12-16(6-7-17(22)23)21-18(24)14-2-4-15(5-3-14)19(13-20)8-9-19/h2-7,12H,8-11H2,1H3,(H,21,24). The molecule has 1 saturated carbocycles. The topological polar surface area (TPSA) is 84.1 Å². The van der Waals surface area contributed by atoms with E-state index in [-0.39, 0.29) is 16.9 Å². The monoisotopic (exact) mass is 337 g/mol. The Morgan fingerprint density at radius 1 is 1.28 bits per heavy atom. The highest BCUT2D eigenvalue weighted by Crippen LogP contribution is 2.47. The van der Waals surface area contributed by atoms with Crippen molar-refractivity contribution in [3.63, 3.8) is 0 Å². The van der Waals surface area contributed by atoms with Gasteiger partial charge in [0.15, 0.2) is 0 Å². The molecule has 6 nitrogen and oxygen atoms in total. The third kappa shape index (κ3) is 3.62. The molecular formula is C19H19N3O3. The van der Waals surface area contributed by atoms with E-state index in [1.54, 1.807) is 31.5 Å². The number of methoxy groups -OCH3 is 1. The van der Waals surface area contributed by atoms with Gasteiger partial charge in [0, 0.05) is 31.5 Å². The van der Waals surface area contributed by atoms with Gasteiger partial charge < -0.3 is 14.6 Å². The lowest BCUT2D eigenvalue weighted by atomic mass is 9.96. The predicted molar refractivity (Wildman–Crippen MR) is 93.5 cm³/mol. The van der Waals surface area contributed by atoms with Gasteiger partial charge in [-0.3, -0.25) is 9.59 Å². The van der Waals surface area contributed by atoms with E-state index in [1.807, 2.05) is 12.1 Å². The van der Waals surface area contributed by atoms with Crippen LogP contribution in [0.25, 0.3) is 0 Å². The van der Waals surface area contributed by atoms with Crippen molar-refractivity contribution in [2.24, 2.45) is 0 Å². The summed E-state index contributed by atoms with van der Waals surface area (Å²) in [6.45, 7) is 0.837. The average molecular weight is 337 g/mol. The van der Waals surface area contributed by atoms with Crippen LogP contribution >= 0.6 is 0 Å². The van der Waals surface area contributed by atoms with E-state index >= 15 is 0 Å². The molecule has 2 aromatic rings. The average Bonchev–Trinajstić information content (AvgIpc) is 3.43. The summed E-state index contributed by atoms with van der Waals surface area (Å²) >= 11 is 0. The van der Waals surface area contributed by atoms with Gasteiger partial charge >= 0.3 is 0 Å².